The Labute approximate surface area is 48.3 Å². The second-order valence-electron chi connectivity index (χ2n) is 1.15. The smallest absolute Gasteiger partial charge is 0.322 e. The zero-order valence-corrected chi connectivity index (χ0v) is 5.80. The monoisotopic (exact) mass is 142 g/mol. The maximum absolute atomic E-state index is 9.33. The molecule has 0 aliphatic heterocycles. The van der Waals surface area contributed by atoms with Crippen LogP contribution in [-0.2, 0) is 4.57 Å². The van der Waals surface area contributed by atoms with Crippen LogP contribution in [0.25, 0.3) is 0 Å². The highest BCUT2D eigenvalue weighted by Crippen LogP contribution is 2.26. The Morgan fingerprint density at radius 3 is 1.50 bits per heavy atom. The first-order chi connectivity index (χ1) is 3.41. The molecule has 5 heteroatoms. The van der Waals surface area contributed by atoms with E-state index in [1.54, 1.807) is 6.92 Å². The summed E-state index contributed by atoms with van der Waals surface area (Å²) in [5, 5.41) is 7.57. The van der Waals surface area contributed by atoms with Crippen molar-refractivity contribution in [3.8, 4) is 0 Å². The highest BCUT2D eigenvalue weighted by molar-refractivity contribution is 7.50. The third-order valence-electron chi connectivity index (χ3n) is 0. The van der Waals surface area contributed by atoms with Gasteiger partial charge in [-0.05, 0) is 6.92 Å². The first-order valence-corrected chi connectivity index (χ1v) is 4.11. The first kappa shape index (κ1) is 11.0. The zero-order valence-electron chi connectivity index (χ0n) is 4.90. The van der Waals surface area contributed by atoms with E-state index in [1.165, 1.54) is 0 Å². The van der Waals surface area contributed by atoms with E-state index in [9.17, 15) is 4.57 Å². The summed E-state index contributed by atoms with van der Waals surface area (Å²) >= 11 is 0. The Morgan fingerprint density at radius 1 is 1.50 bits per heavy atom. The Balaban J connectivity index is 0. The van der Waals surface area contributed by atoms with Gasteiger partial charge in [0.2, 0.25) is 0 Å². The third-order valence-corrected chi connectivity index (χ3v) is 0. The summed E-state index contributed by atoms with van der Waals surface area (Å²) in [5.74, 6) is 0. The lowest BCUT2D eigenvalue weighted by Gasteiger charge is -1.84. The van der Waals surface area contributed by atoms with Crippen LogP contribution in [0.4, 0.5) is 0 Å². The van der Waals surface area contributed by atoms with Gasteiger partial charge in [-0.25, -0.2) is 0 Å². The molecule has 0 heterocycles. The molecule has 3 N–H and O–H groups in total. The molecule has 0 bridgehead atoms. The SMILES string of the molecule is CCO.CP(=O)(O)O. The van der Waals surface area contributed by atoms with Crippen LogP contribution in [0.5, 0.6) is 0 Å². The molecule has 0 aromatic heterocycles. The average Bonchev–Trinajstić information content (AvgIpc) is 1.27. The van der Waals surface area contributed by atoms with Crippen LogP contribution in [0.3, 0.4) is 0 Å². The topological polar surface area (TPSA) is 77.8 Å². The van der Waals surface area contributed by atoms with Crippen LogP contribution >= 0.6 is 7.60 Å². The Bertz CT molecular complexity index is 67.1. The van der Waals surface area contributed by atoms with E-state index in [-0.39, 0.29) is 6.61 Å². The third kappa shape index (κ3) is 13200. The standard InChI is InChI=1S/C2H6O.CH5O3P/c1-2-3;1-5(2,3)4/h3H,2H2,1H3;1H3,(H2,2,3,4). The van der Waals surface area contributed by atoms with Gasteiger partial charge in [0.25, 0.3) is 0 Å². The van der Waals surface area contributed by atoms with E-state index < -0.39 is 7.60 Å². The van der Waals surface area contributed by atoms with Crippen LogP contribution in [0.2, 0.25) is 0 Å². The van der Waals surface area contributed by atoms with Crippen molar-refractivity contribution in [2.24, 2.45) is 0 Å². The molecule has 0 saturated heterocycles. The maximum atomic E-state index is 9.33. The minimum absolute atomic E-state index is 0.250. The van der Waals surface area contributed by atoms with Gasteiger partial charge >= 0.3 is 7.60 Å². The fourth-order valence-corrected chi connectivity index (χ4v) is 0. The predicted octanol–water partition coefficient (Wildman–Crippen LogP) is -0.208. The molecule has 0 spiro atoms. The summed E-state index contributed by atoms with van der Waals surface area (Å²) in [5.41, 5.74) is 0. The quantitative estimate of drug-likeness (QED) is 0.409. The average molecular weight is 142 g/mol. The molecule has 8 heavy (non-hydrogen) atoms. The van der Waals surface area contributed by atoms with Crippen LogP contribution < -0.4 is 0 Å². The van der Waals surface area contributed by atoms with Crippen molar-refractivity contribution in [2.75, 3.05) is 13.3 Å². The Kier molecular flexibility index (Phi) is 7.21. The minimum atomic E-state index is -3.64. The van der Waals surface area contributed by atoms with Crippen molar-refractivity contribution >= 4 is 7.60 Å². The summed E-state index contributed by atoms with van der Waals surface area (Å²) in [7, 11) is -3.64. The van der Waals surface area contributed by atoms with Crippen LogP contribution in [0, 0.1) is 0 Å². The lowest BCUT2D eigenvalue weighted by atomic mass is 10.9. The lowest BCUT2D eigenvalue weighted by molar-refractivity contribution is 0.318. The minimum Gasteiger partial charge on any atom is -0.397 e. The number of hydrogen-bond donors (Lipinski definition) is 3. The van der Waals surface area contributed by atoms with Crippen LogP contribution in [0.1, 0.15) is 6.92 Å². The molecule has 0 amide bonds. The fraction of sp³-hybridized carbons (Fsp3) is 1.00. The molecule has 0 aliphatic carbocycles. The van der Waals surface area contributed by atoms with E-state index >= 15 is 0 Å². The fourth-order valence-electron chi connectivity index (χ4n) is 0. The molecule has 4 nitrogen and oxygen atoms in total. The van der Waals surface area contributed by atoms with E-state index in [1.807, 2.05) is 0 Å². The van der Waals surface area contributed by atoms with Gasteiger partial charge in [-0.1, -0.05) is 0 Å². The summed E-state index contributed by atoms with van der Waals surface area (Å²) in [6.45, 7) is 2.78. The predicted molar refractivity (Wildman–Crippen MR) is 30.7 cm³/mol. The largest absolute Gasteiger partial charge is 0.397 e. The molecule has 0 atom stereocenters. The van der Waals surface area contributed by atoms with Gasteiger partial charge in [0, 0.05) is 13.3 Å². The molecule has 52 valence electrons. The number of rotatable bonds is 0. The van der Waals surface area contributed by atoms with Gasteiger partial charge < -0.3 is 14.9 Å². The summed E-state index contributed by atoms with van der Waals surface area (Å²) < 4.78 is 9.33. The second-order valence-corrected chi connectivity index (χ2v) is 2.82. The van der Waals surface area contributed by atoms with Crippen molar-refractivity contribution in [2.45, 2.75) is 6.92 Å². The van der Waals surface area contributed by atoms with Crippen molar-refractivity contribution in [3.63, 3.8) is 0 Å². The molecule has 0 rings (SSSR count). The normalized spacial score (nSPS) is 9.62. The summed E-state index contributed by atoms with van der Waals surface area (Å²) in [4.78, 5) is 15.3. The Hall–Kier alpha value is 0.110. The molecule has 0 saturated carbocycles. The highest BCUT2D eigenvalue weighted by Gasteiger charge is 1.95. The molecule has 0 unspecified atom stereocenters. The summed E-state index contributed by atoms with van der Waals surface area (Å²) in [6.07, 6.45) is 0. The van der Waals surface area contributed by atoms with Crippen molar-refractivity contribution in [3.05, 3.63) is 0 Å². The molecule has 0 aromatic carbocycles. The van der Waals surface area contributed by atoms with Crippen molar-refractivity contribution < 1.29 is 19.5 Å². The summed E-state index contributed by atoms with van der Waals surface area (Å²) in [6, 6.07) is 0. The molecule has 0 aliphatic rings. The number of hydrogen-bond acceptors (Lipinski definition) is 2. The van der Waals surface area contributed by atoms with Crippen LogP contribution in [-0.4, -0.2) is 28.2 Å². The van der Waals surface area contributed by atoms with Crippen LogP contribution in [0.15, 0.2) is 0 Å². The van der Waals surface area contributed by atoms with Gasteiger partial charge in [0.1, 0.15) is 0 Å². The zero-order chi connectivity index (χ0) is 7.21. The highest BCUT2D eigenvalue weighted by atomic mass is 31.2. The number of aliphatic hydroxyl groups excluding tert-OH is 1. The molecular weight excluding hydrogens is 131 g/mol. The van der Waals surface area contributed by atoms with Crippen molar-refractivity contribution in [1.29, 1.82) is 0 Å². The van der Waals surface area contributed by atoms with E-state index in [0.29, 0.717) is 0 Å². The van der Waals surface area contributed by atoms with E-state index in [2.05, 4.69) is 0 Å². The van der Waals surface area contributed by atoms with E-state index in [4.69, 9.17) is 14.9 Å². The molecule has 0 radical (unpaired) electrons. The van der Waals surface area contributed by atoms with Gasteiger partial charge in [-0.2, -0.15) is 0 Å². The van der Waals surface area contributed by atoms with Gasteiger partial charge in [0.15, 0.2) is 0 Å². The molecule has 0 aromatic rings. The van der Waals surface area contributed by atoms with Gasteiger partial charge in [-0.15, -0.1) is 0 Å². The van der Waals surface area contributed by atoms with Crippen molar-refractivity contribution in [1.82, 2.24) is 0 Å². The maximum Gasteiger partial charge on any atom is 0.322 e. The van der Waals surface area contributed by atoms with E-state index in [0.717, 1.165) is 6.66 Å². The first-order valence-electron chi connectivity index (χ1n) is 2.05. The van der Waals surface area contributed by atoms with Gasteiger partial charge in [0.05, 0.1) is 0 Å². The second kappa shape index (κ2) is 5.25. The van der Waals surface area contributed by atoms with Gasteiger partial charge in [-0.3, -0.25) is 4.57 Å². The number of aliphatic hydroxyl groups is 1. The molecular formula is C3H11O4P. The molecule has 0 fully saturated rings. The Morgan fingerprint density at radius 2 is 1.50 bits per heavy atom. The lowest BCUT2D eigenvalue weighted by Crippen LogP contribution is -1.64.